The highest BCUT2D eigenvalue weighted by Crippen LogP contribution is 2.32. The number of ether oxygens (including phenoxy) is 1. The molecule has 0 bridgehead atoms. The van der Waals surface area contributed by atoms with Gasteiger partial charge in [-0.1, -0.05) is 30.3 Å². The zero-order chi connectivity index (χ0) is 17.6. The third-order valence-corrected chi connectivity index (χ3v) is 4.24. The number of carbonyl (C=O) groups is 1. The lowest BCUT2D eigenvalue weighted by Crippen LogP contribution is -2.41. The van der Waals surface area contributed by atoms with Crippen molar-refractivity contribution in [2.75, 3.05) is 13.2 Å². The van der Waals surface area contributed by atoms with E-state index in [4.69, 9.17) is 4.74 Å². The van der Waals surface area contributed by atoms with Gasteiger partial charge in [0.2, 0.25) is 0 Å². The number of carbonyl (C=O) groups excluding carboxylic acids is 1. The number of benzene rings is 2. The van der Waals surface area contributed by atoms with E-state index in [-0.39, 0.29) is 18.5 Å². The van der Waals surface area contributed by atoms with Gasteiger partial charge in [0.1, 0.15) is 11.6 Å². The summed E-state index contributed by atoms with van der Waals surface area (Å²) >= 11 is 0. The van der Waals surface area contributed by atoms with Gasteiger partial charge in [-0.25, -0.2) is 9.18 Å². The van der Waals surface area contributed by atoms with Gasteiger partial charge in [0.25, 0.3) is 0 Å². The minimum atomic E-state index is -0.504. The van der Waals surface area contributed by atoms with E-state index in [9.17, 15) is 14.3 Å². The number of fused-ring (bicyclic) bond motifs is 1. The second-order valence-electron chi connectivity index (χ2n) is 5.99. The van der Waals surface area contributed by atoms with Gasteiger partial charge in [0.15, 0.2) is 0 Å². The van der Waals surface area contributed by atoms with Crippen LogP contribution in [0, 0.1) is 5.82 Å². The molecular weight excluding hydrogens is 323 g/mol. The molecule has 1 heterocycles. The maximum absolute atomic E-state index is 13.6. The van der Waals surface area contributed by atoms with Crippen molar-refractivity contribution in [1.82, 2.24) is 10.6 Å². The Morgan fingerprint density at radius 2 is 2.08 bits per heavy atom. The Bertz CT molecular complexity index is 724. The summed E-state index contributed by atoms with van der Waals surface area (Å²) in [4.78, 5) is 12.4. The molecular formula is C19H21FN2O3. The molecule has 0 aliphatic carbocycles. The number of nitrogens with one attached hydrogen (secondary N) is 2. The predicted octanol–water partition coefficient (Wildman–Crippen LogP) is 3.07. The molecule has 2 amide bonds. The lowest BCUT2D eigenvalue weighted by Gasteiger charge is -2.22. The molecule has 1 aliphatic heterocycles. The number of halogens is 1. The van der Waals surface area contributed by atoms with Crippen LogP contribution in [0.4, 0.5) is 9.18 Å². The first-order valence-corrected chi connectivity index (χ1v) is 8.32. The minimum Gasteiger partial charge on any atom is -0.493 e. The van der Waals surface area contributed by atoms with Crippen LogP contribution in [-0.4, -0.2) is 24.4 Å². The van der Waals surface area contributed by atoms with Gasteiger partial charge in [-0.3, -0.25) is 0 Å². The van der Waals surface area contributed by atoms with E-state index in [1.54, 1.807) is 6.07 Å². The van der Waals surface area contributed by atoms with Crippen molar-refractivity contribution < 1.29 is 19.0 Å². The van der Waals surface area contributed by atoms with Crippen LogP contribution in [0.3, 0.4) is 0 Å². The Balaban J connectivity index is 1.71. The number of aliphatic hydroxyl groups is 1. The topological polar surface area (TPSA) is 70.6 Å². The summed E-state index contributed by atoms with van der Waals surface area (Å²) in [6.07, 6.45) is 1.41. The van der Waals surface area contributed by atoms with Crippen LogP contribution in [0.2, 0.25) is 0 Å². The standard InChI is InChI=1S/C19H21FN2O3/c20-14-8-9-18-15(11-14)16(7-4-10-25-18)21-19(24)22-17(12-23)13-5-2-1-3-6-13/h1-3,5-6,8-9,11,16-17,23H,4,7,10,12H2,(H2,21,22,24)/t16-,17-/m1/s1. The fraction of sp³-hybridized carbons (Fsp3) is 0.316. The summed E-state index contributed by atoms with van der Waals surface area (Å²) in [5.74, 6) is 0.222. The van der Waals surface area contributed by atoms with Crippen molar-refractivity contribution in [1.29, 1.82) is 0 Å². The fourth-order valence-corrected chi connectivity index (χ4v) is 2.98. The molecule has 2 aromatic rings. The molecule has 25 heavy (non-hydrogen) atoms. The van der Waals surface area contributed by atoms with Crippen molar-refractivity contribution in [2.24, 2.45) is 0 Å². The van der Waals surface area contributed by atoms with Crippen LogP contribution in [0.15, 0.2) is 48.5 Å². The molecule has 2 atom stereocenters. The zero-order valence-corrected chi connectivity index (χ0v) is 13.7. The van der Waals surface area contributed by atoms with Crippen molar-refractivity contribution in [3.05, 3.63) is 65.5 Å². The van der Waals surface area contributed by atoms with Crippen LogP contribution < -0.4 is 15.4 Å². The minimum absolute atomic E-state index is 0.212. The van der Waals surface area contributed by atoms with Crippen LogP contribution in [0.1, 0.15) is 36.1 Å². The molecule has 3 rings (SSSR count). The van der Waals surface area contributed by atoms with Crippen molar-refractivity contribution in [3.63, 3.8) is 0 Å². The van der Waals surface area contributed by atoms with E-state index in [0.717, 1.165) is 12.0 Å². The van der Waals surface area contributed by atoms with Crippen molar-refractivity contribution in [2.45, 2.75) is 24.9 Å². The van der Waals surface area contributed by atoms with Gasteiger partial charge in [0.05, 0.1) is 25.3 Å². The van der Waals surface area contributed by atoms with Gasteiger partial charge in [-0.15, -0.1) is 0 Å². The third kappa shape index (κ3) is 4.28. The quantitative estimate of drug-likeness (QED) is 0.798. The zero-order valence-electron chi connectivity index (χ0n) is 13.7. The SMILES string of the molecule is O=C(N[C@H](CO)c1ccccc1)N[C@@H]1CCCOc2ccc(F)cc21. The maximum atomic E-state index is 13.6. The van der Waals surface area contributed by atoms with Gasteiger partial charge < -0.3 is 20.5 Å². The van der Waals surface area contributed by atoms with Gasteiger partial charge >= 0.3 is 6.03 Å². The van der Waals surface area contributed by atoms with E-state index in [1.165, 1.54) is 12.1 Å². The van der Waals surface area contributed by atoms with Crippen LogP contribution >= 0.6 is 0 Å². The Morgan fingerprint density at radius 3 is 2.84 bits per heavy atom. The van der Waals surface area contributed by atoms with E-state index >= 15 is 0 Å². The number of rotatable bonds is 4. The number of hydrogen-bond donors (Lipinski definition) is 3. The molecule has 0 radical (unpaired) electrons. The largest absolute Gasteiger partial charge is 0.493 e. The van der Waals surface area contributed by atoms with Gasteiger partial charge in [0, 0.05) is 5.56 Å². The van der Waals surface area contributed by atoms with Crippen molar-refractivity contribution in [3.8, 4) is 5.75 Å². The smallest absolute Gasteiger partial charge is 0.315 e. The average molecular weight is 344 g/mol. The molecule has 1 aliphatic rings. The number of hydrogen-bond acceptors (Lipinski definition) is 3. The maximum Gasteiger partial charge on any atom is 0.315 e. The molecule has 2 aromatic carbocycles. The Morgan fingerprint density at radius 1 is 1.28 bits per heavy atom. The Kier molecular flexibility index (Phi) is 5.50. The number of urea groups is 1. The van der Waals surface area contributed by atoms with Gasteiger partial charge in [-0.05, 0) is 36.6 Å². The highest BCUT2D eigenvalue weighted by molar-refractivity contribution is 5.75. The molecule has 5 nitrogen and oxygen atoms in total. The molecule has 0 spiro atoms. The molecule has 6 heteroatoms. The van der Waals surface area contributed by atoms with Gasteiger partial charge in [-0.2, -0.15) is 0 Å². The summed E-state index contributed by atoms with van der Waals surface area (Å²) in [5, 5.41) is 15.2. The summed E-state index contributed by atoms with van der Waals surface area (Å²) in [6, 6.07) is 12.3. The Hall–Kier alpha value is -2.60. The predicted molar refractivity (Wildman–Crippen MR) is 91.8 cm³/mol. The first-order chi connectivity index (χ1) is 12.2. The molecule has 3 N–H and O–H groups in total. The van der Waals surface area contributed by atoms with E-state index in [0.29, 0.717) is 24.3 Å². The second-order valence-corrected chi connectivity index (χ2v) is 5.99. The van der Waals surface area contributed by atoms with E-state index in [1.807, 2.05) is 30.3 Å². The molecule has 0 saturated heterocycles. The monoisotopic (exact) mass is 344 g/mol. The lowest BCUT2D eigenvalue weighted by atomic mass is 10.0. The number of aliphatic hydroxyl groups excluding tert-OH is 1. The molecule has 0 aromatic heterocycles. The fourth-order valence-electron chi connectivity index (χ4n) is 2.98. The molecule has 0 fully saturated rings. The second kappa shape index (κ2) is 7.98. The Labute approximate surface area is 145 Å². The summed E-state index contributed by atoms with van der Waals surface area (Å²) in [6.45, 7) is 0.318. The first-order valence-electron chi connectivity index (χ1n) is 8.32. The number of amides is 2. The third-order valence-electron chi connectivity index (χ3n) is 4.24. The average Bonchev–Trinajstić information content (AvgIpc) is 2.82. The van der Waals surface area contributed by atoms with Crippen LogP contribution in [0.25, 0.3) is 0 Å². The summed E-state index contributed by atoms with van der Waals surface area (Å²) in [7, 11) is 0. The van der Waals surface area contributed by atoms with E-state index in [2.05, 4.69) is 10.6 Å². The lowest BCUT2D eigenvalue weighted by molar-refractivity contribution is 0.213. The van der Waals surface area contributed by atoms with Crippen LogP contribution in [0.5, 0.6) is 5.75 Å². The van der Waals surface area contributed by atoms with Crippen molar-refractivity contribution >= 4 is 6.03 Å². The summed E-state index contributed by atoms with van der Waals surface area (Å²) in [5.41, 5.74) is 1.45. The van der Waals surface area contributed by atoms with Crippen LogP contribution in [-0.2, 0) is 0 Å². The normalized spacial score (nSPS) is 17.6. The molecule has 132 valence electrons. The highest BCUT2D eigenvalue weighted by Gasteiger charge is 2.23. The highest BCUT2D eigenvalue weighted by atomic mass is 19.1. The van der Waals surface area contributed by atoms with E-state index < -0.39 is 12.1 Å². The molecule has 0 unspecified atom stereocenters. The summed E-state index contributed by atoms with van der Waals surface area (Å²) < 4.78 is 19.2. The molecule has 0 saturated carbocycles. The first kappa shape index (κ1) is 17.2.